The Kier molecular flexibility index (Phi) is 5.54. The largest absolute Gasteiger partial charge is 0.321 e. The molecule has 2 heterocycles. The fourth-order valence-corrected chi connectivity index (χ4v) is 3.52. The molecule has 0 fully saturated rings. The van der Waals surface area contributed by atoms with Crippen molar-refractivity contribution in [1.82, 2.24) is 15.1 Å². The first-order valence-electron chi connectivity index (χ1n) is 9.96. The molecule has 164 valence electrons. The molecule has 0 atom stereocenters. The fraction of sp³-hybridized carbons (Fsp3) is 0.227. The predicted molar refractivity (Wildman–Crippen MR) is 119 cm³/mol. The van der Waals surface area contributed by atoms with Gasteiger partial charge in [-0.1, -0.05) is 23.2 Å². The number of nitro groups is 1. The van der Waals surface area contributed by atoms with Crippen LogP contribution in [-0.4, -0.2) is 27.8 Å². The summed E-state index contributed by atoms with van der Waals surface area (Å²) in [6.45, 7) is 8.89. The van der Waals surface area contributed by atoms with Crippen molar-refractivity contribution in [2.75, 3.05) is 18.0 Å². The van der Waals surface area contributed by atoms with Gasteiger partial charge in [0, 0.05) is 31.8 Å². The van der Waals surface area contributed by atoms with E-state index in [0.717, 1.165) is 22.4 Å². The molecule has 0 unspecified atom stereocenters. The number of aryl methyl sites for hydroxylation is 2. The number of hydrogen-bond acceptors (Lipinski definition) is 7. The summed E-state index contributed by atoms with van der Waals surface area (Å²) in [5, 5.41) is 14.0. The van der Waals surface area contributed by atoms with Crippen molar-refractivity contribution in [2.24, 2.45) is 4.99 Å². The molecular weight excluding hydrogens is 415 g/mol. The van der Waals surface area contributed by atoms with Crippen LogP contribution in [0.4, 0.5) is 27.4 Å². The Morgan fingerprint density at radius 3 is 2.56 bits per heavy atom. The highest BCUT2D eigenvalue weighted by molar-refractivity contribution is 5.77. The Hall–Kier alpha value is -3.92. The van der Waals surface area contributed by atoms with Gasteiger partial charge in [0.2, 0.25) is 0 Å². The van der Waals surface area contributed by atoms with Crippen molar-refractivity contribution in [3.63, 3.8) is 0 Å². The van der Waals surface area contributed by atoms with Gasteiger partial charge in [-0.3, -0.25) is 14.9 Å². The molecule has 9 nitrogen and oxygen atoms in total. The number of anilines is 2. The van der Waals surface area contributed by atoms with E-state index >= 15 is 0 Å². The van der Waals surface area contributed by atoms with Crippen LogP contribution < -0.4 is 26.6 Å². The van der Waals surface area contributed by atoms with Gasteiger partial charge < -0.3 is 10.2 Å². The van der Waals surface area contributed by atoms with E-state index in [1.165, 1.54) is 12.1 Å². The maximum absolute atomic E-state index is 14.1. The summed E-state index contributed by atoms with van der Waals surface area (Å²) in [4.78, 5) is 33.1. The molecule has 1 aromatic heterocycles. The summed E-state index contributed by atoms with van der Waals surface area (Å²) in [5.41, 5.74) is 3.17. The molecule has 0 bridgehead atoms. The van der Waals surface area contributed by atoms with Crippen LogP contribution in [0.15, 0.2) is 46.2 Å². The van der Waals surface area contributed by atoms with Gasteiger partial charge in [-0.05, 0) is 42.7 Å². The maximum Gasteiger partial charge on any atom is 0.310 e. The first-order chi connectivity index (χ1) is 15.3. The van der Waals surface area contributed by atoms with Crippen LogP contribution in [-0.2, 0) is 6.54 Å². The van der Waals surface area contributed by atoms with Gasteiger partial charge in [0.1, 0.15) is 0 Å². The van der Waals surface area contributed by atoms with E-state index in [-0.39, 0.29) is 27.1 Å². The third-order valence-electron chi connectivity index (χ3n) is 5.41. The predicted octanol–water partition coefficient (Wildman–Crippen LogP) is 2.10. The maximum atomic E-state index is 14.1. The van der Waals surface area contributed by atoms with E-state index in [4.69, 9.17) is 0 Å². The van der Waals surface area contributed by atoms with E-state index in [2.05, 4.69) is 21.9 Å². The normalized spacial score (nSPS) is 12.2. The fourth-order valence-electron chi connectivity index (χ4n) is 3.52. The number of halogens is 1. The molecule has 0 radical (unpaired) electrons. The average molecular weight is 436 g/mol. The minimum absolute atomic E-state index is 0.0401. The van der Waals surface area contributed by atoms with Gasteiger partial charge in [0.15, 0.2) is 16.7 Å². The Labute approximate surface area is 182 Å². The second-order valence-electron chi connectivity index (χ2n) is 7.58. The van der Waals surface area contributed by atoms with Gasteiger partial charge >= 0.3 is 5.56 Å². The van der Waals surface area contributed by atoms with Gasteiger partial charge in [0.25, 0.3) is 5.69 Å². The van der Waals surface area contributed by atoms with Gasteiger partial charge in [-0.15, -0.1) is 4.79 Å². The Morgan fingerprint density at radius 1 is 1.19 bits per heavy atom. The minimum atomic E-state index is -0.896. The third-order valence-corrected chi connectivity index (χ3v) is 5.41. The first kappa shape index (κ1) is 21.3. The van der Waals surface area contributed by atoms with Crippen molar-refractivity contribution in [3.05, 3.63) is 84.4 Å². The molecule has 0 aliphatic carbocycles. The molecule has 10 heteroatoms. The number of non-ortho nitro benzene ring substituents is 1. The van der Waals surface area contributed by atoms with E-state index in [0.29, 0.717) is 25.3 Å². The van der Waals surface area contributed by atoms with E-state index in [1.807, 2.05) is 30.9 Å². The lowest BCUT2D eigenvalue weighted by atomic mass is 10.1. The molecule has 3 aromatic rings. The zero-order valence-electron chi connectivity index (χ0n) is 17.6. The zero-order chi connectivity index (χ0) is 23.0. The summed E-state index contributed by atoms with van der Waals surface area (Å²) in [6, 6.07) is 10.2. The highest BCUT2D eigenvalue weighted by atomic mass is 19.2. The molecule has 4 rings (SSSR count). The molecule has 2 aromatic carbocycles. The first-order valence-corrected chi connectivity index (χ1v) is 9.96. The van der Waals surface area contributed by atoms with Crippen molar-refractivity contribution >= 4 is 29.5 Å². The summed E-state index contributed by atoms with van der Waals surface area (Å²) in [6.07, 6.45) is 0. The molecule has 1 N–H and O–H groups in total. The van der Waals surface area contributed by atoms with Crippen LogP contribution in [0, 0.1) is 24.0 Å². The van der Waals surface area contributed by atoms with Crippen LogP contribution in [0.3, 0.4) is 0 Å². The second kappa shape index (κ2) is 8.31. The summed E-state index contributed by atoms with van der Waals surface area (Å²) >= 11 is 0. The molecular formula is C22H21FN6O3. The highest BCUT2D eigenvalue weighted by Crippen LogP contribution is 2.36. The van der Waals surface area contributed by atoms with Crippen molar-refractivity contribution in [1.29, 1.82) is 0 Å². The molecule has 0 amide bonds. The van der Waals surface area contributed by atoms with Gasteiger partial charge in [-0.2, -0.15) is 0 Å². The number of fused-ring (bicyclic) bond motifs is 2. The van der Waals surface area contributed by atoms with Crippen LogP contribution in [0.2, 0.25) is 0 Å². The number of hydrogen-bond donors (Lipinski definition) is 1. The monoisotopic (exact) mass is 436 g/mol. The standard InChI is InChI=1S/C22H21FN6O3/c1-13-10-18-19(11-14(13)2)27(21-20(26-18)22(30)28(23)15(3)25-21)9-8-24-12-16-4-6-17(7-5-16)29(31)32/h4-7,10-11,24H,3,8-9,12H2,1-2H3. The number of benzene rings is 2. The molecule has 0 spiro atoms. The number of rotatable bonds is 6. The summed E-state index contributed by atoms with van der Waals surface area (Å²) < 4.78 is 14.1. The lowest BCUT2D eigenvalue weighted by molar-refractivity contribution is -0.384. The number of nitrogens with zero attached hydrogens (tertiary/aromatic N) is 5. The lowest BCUT2D eigenvalue weighted by Gasteiger charge is -2.29. The topological polar surface area (TPSA) is 106 Å². The second-order valence-corrected chi connectivity index (χ2v) is 7.58. The molecule has 0 saturated heterocycles. The Balaban J connectivity index is 1.60. The number of aromatic nitrogens is 2. The van der Waals surface area contributed by atoms with E-state index in [9.17, 15) is 19.4 Å². The summed E-state index contributed by atoms with van der Waals surface area (Å²) in [7, 11) is 0. The Bertz CT molecular complexity index is 1380. The van der Waals surface area contributed by atoms with E-state index in [1.54, 1.807) is 12.1 Å². The van der Waals surface area contributed by atoms with E-state index < -0.39 is 10.5 Å². The SMILES string of the molecule is C=c1nc2c(c(=O)n1F)=Nc1cc(C)c(C)cc1N2CCNCc1ccc([N+](=O)[O-])cc1. The van der Waals surface area contributed by atoms with Gasteiger partial charge in [0.05, 0.1) is 16.3 Å². The number of nitro benzene ring substituents is 1. The number of nitrogens with one attached hydrogen (secondary N) is 1. The lowest BCUT2D eigenvalue weighted by Crippen LogP contribution is -2.47. The van der Waals surface area contributed by atoms with Crippen molar-refractivity contribution in [3.8, 4) is 0 Å². The van der Waals surface area contributed by atoms with Crippen LogP contribution in [0.25, 0.3) is 6.58 Å². The Morgan fingerprint density at radius 2 is 1.88 bits per heavy atom. The summed E-state index contributed by atoms with van der Waals surface area (Å²) in [5.74, 6) is 0.266. The van der Waals surface area contributed by atoms with Crippen LogP contribution >= 0.6 is 0 Å². The molecule has 1 aliphatic rings. The van der Waals surface area contributed by atoms with Crippen molar-refractivity contribution in [2.45, 2.75) is 20.4 Å². The van der Waals surface area contributed by atoms with Crippen LogP contribution in [0.5, 0.6) is 0 Å². The smallest absolute Gasteiger partial charge is 0.310 e. The van der Waals surface area contributed by atoms with Crippen LogP contribution in [0.1, 0.15) is 16.7 Å². The highest BCUT2D eigenvalue weighted by Gasteiger charge is 2.24. The third kappa shape index (κ3) is 3.87. The van der Waals surface area contributed by atoms with Gasteiger partial charge in [-0.25, -0.2) is 9.98 Å². The zero-order valence-corrected chi connectivity index (χ0v) is 17.6. The quantitative estimate of drug-likeness (QED) is 0.360. The molecule has 0 saturated carbocycles. The average Bonchev–Trinajstić information content (AvgIpc) is 2.77. The molecule has 32 heavy (non-hydrogen) atoms. The van der Waals surface area contributed by atoms with Crippen molar-refractivity contribution < 1.29 is 9.40 Å². The minimum Gasteiger partial charge on any atom is -0.321 e. The molecule has 1 aliphatic heterocycles.